The van der Waals surface area contributed by atoms with Crippen LogP contribution < -0.4 is 20.7 Å². The van der Waals surface area contributed by atoms with Crippen molar-refractivity contribution in [1.82, 2.24) is 29.9 Å². The zero-order valence-corrected chi connectivity index (χ0v) is 32.9. The summed E-state index contributed by atoms with van der Waals surface area (Å²) in [4.78, 5) is 57.1. The molecule has 1 saturated heterocycles. The monoisotopic (exact) mass is 750 g/mol. The molecule has 14 nitrogen and oxygen atoms in total. The van der Waals surface area contributed by atoms with Crippen LogP contribution in [0.4, 0.5) is 4.79 Å². The largest absolute Gasteiger partial charge is 0.339 e. The molecule has 0 spiro atoms. The van der Waals surface area contributed by atoms with Gasteiger partial charge in [-0.05, 0) is 46.6 Å². The number of urea groups is 1. The Morgan fingerprint density at radius 2 is 1.59 bits per heavy atom. The van der Waals surface area contributed by atoms with Crippen LogP contribution in [0.5, 0.6) is 0 Å². The van der Waals surface area contributed by atoms with Gasteiger partial charge in [0.1, 0.15) is 17.6 Å². The van der Waals surface area contributed by atoms with Gasteiger partial charge in [0.05, 0.1) is 11.2 Å². The topological polar surface area (TPSA) is 191 Å². The van der Waals surface area contributed by atoms with E-state index in [1.807, 2.05) is 34.6 Å². The number of nitrogens with zero attached hydrogens (tertiary/aromatic N) is 2. The Hall–Kier alpha value is -3.50. The van der Waals surface area contributed by atoms with Gasteiger partial charge in [-0.1, -0.05) is 79.7 Å². The molecule has 3 aliphatic rings. The van der Waals surface area contributed by atoms with Crippen LogP contribution in [-0.4, -0.2) is 99.9 Å². The Bertz CT molecular complexity index is 1790. The van der Waals surface area contributed by atoms with E-state index in [4.69, 9.17) is 0 Å². The van der Waals surface area contributed by atoms with Crippen molar-refractivity contribution in [3.05, 3.63) is 43.0 Å². The van der Waals surface area contributed by atoms with Crippen molar-refractivity contribution in [1.29, 1.82) is 0 Å². The standard InChI is InChI=1S/C35H54N6O8S2/c1-12-21-18-35(21,30(44)39-51(48,49)22-16-14-13-15-17-22)38-28(42)26-25-23(34(25,8)9)19-41(26)29(43)27(33(5,6)7)37-31(45)36-24(32(2,3)4)20-40(10)50(11,46)47/h12-17,21,23-27H,1,18-20H2,2-11H3,(H,38,42)(H,39,44)(H2,36,37,45)/t21?,23-,24+,25?,26-,27+,35+/m0/s1. The van der Waals surface area contributed by atoms with Gasteiger partial charge in [0.15, 0.2) is 0 Å². The zero-order chi connectivity index (χ0) is 38.7. The predicted octanol–water partition coefficient (Wildman–Crippen LogP) is 2.06. The van der Waals surface area contributed by atoms with Gasteiger partial charge in [-0.2, -0.15) is 0 Å². The van der Waals surface area contributed by atoms with E-state index in [0.29, 0.717) is 0 Å². The summed E-state index contributed by atoms with van der Waals surface area (Å²) in [6.45, 7) is 19.0. The number of piperidine rings is 1. The molecule has 5 amide bonds. The summed E-state index contributed by atoms with van der Waals surface area (Å²) in [5.41, 5.74) is -3.21. The second-order valence-corrected chi connectivity index (χ2v) is 20.8. The molecule has 0 radical (unpaired) electrons. The number of carbonyl (C=O) groups excluding carboxylic acids is 4. The van der Waals surface area contributed by atoms with Crippen LogP contribution in [0.25, 0.3) is 0 Å². The quantitative estimate of drug-likeness (QED) is 0.234. The first kappa shape index (κ1) is 40.3. The van der Waals surface area contributed by atoms with Crippen LogP contribution in [0.15, 0.2) is 47.9 Å². The van der Waals surface area contributed by atoms with Gasteiger partial charge < -0.3 is 20.9 Å². The van der Waals surface area contributed by atoms with Crippen molar-refractivity contribution in [3.63, 3.8) is 0 Å². The average Bonchev–Trinajstić information content (AvgIpc) is 3.76. The summed E-state index contributed by atoms with van der Waals surface area (Å²) >= 11 is 0. The van der Waals surface area contributed by atoms with E-state index in [0.717, 1.165) is 10.6 Å². The predicted molar refractivity (Wildman–Crippen MR) is 193 cm³/mol. The van der Waals surface area contributed by atoms with E-state index in [2.05, 4.69) is 27.3 Å². The molecule has 4 rings (SSSR count). The third-order valence-electron chi connectivity index (χ3n) is 10.8. The van der Waals surface area contributed by atoms with E-state index in [9.17, 15) is 36.0 Å². The first-order chi connectivity index (χ1) is 23.2. The Labute approximate surface area is 302 Å². The number of hydrogen-bond acceptors (Lipinski definition) is 8. The second-order valence-electron chi connectivity index (χ2n) is 17.0. The highest BCUT2D eigenvalue weighted by Gasteiger charge is 2.71. The zero-order valence-electron chi connectivity index (χ0n) is 31.2. The molecule has 0 aromatic heterocycles. The lowest BCUT2D eigenvalue weighted by Gasteiger charge is -2.39. The Kier molecular flexibility index (Phi) is 10.6. The summed E-state index contributed by atoms with van der Waals surface area (Å²) in [6.07, 6.45) is 2.71. The molecule has 1 aromatic rings. The molecule has 2 saturated carbocycles. The number of amides is 5. The number of likely N-dealkylation sites (N-methyl/N-ethyl adjacent to an activating group) is 1. The molecule has 1 heterocycles. The average molecular weight is 751 g/mol. The molecule has 1 aliphatic heterocycles. The van der Waals surface area contributed by atoms with Crippen molar-refractivity contribution < 1.29 is 36.0 Å². The minimum atomic E-state index is -4.23. The molecule has 7 atom stereocenters. The third-order valence-corrected chi connectivity index (χ3v) is 13.5. The maximum atomic E-state index is 14.4. The summed E-state index contributed by atoms with van der Waals surface area (Å²) < 4.78 is 53.6. The minimum Gasteiger partial charge on any atom is -0.339 e. The van der Waals surface area contributed by atoms with Gasteiger partial charge in [0, 0.05) is 32.1 Å². The van der Waals surface area contributed by atoms with Crippen molar-refractivity contribution in [2.75, 3.05) is 26.4 Å². The molecular weight excluding hydrogens is 697 g/mol. The highest BCUT2D eigenvalue weighted by Crippen LogP contribution is 2.65. The van der Waals surface area contributed by atoms with E-state index in [1.54, 1.807) is 26.8 Å². The summed E-state index contributed by atoms with van der Waals surface area (Å²) in [5.74, 6) is -2.75. The van der Waals surface area contributed by atoms with Crippen molar-refractivity contribution in [3.8, 4) is 0 Å². The van der Waals surface area contributed by atoms with Gasteiger partial charge >= 0.3 is 6.03 Å². The SMILES string of the molecule is C=CC1C[C@]1(NC(=O)[C@@H]1C2[C@H](CN1C(=O)[C@@H](NC(=O)N[C@H](CN(C)S(C)(=O)=O)C(C)(C)C)C(C)(C)C)C2(C)C)C(=O)NS(=O)(=O)c1ccccc1. The van der Waals surface area contributed by atoms with Crippen LogP contribution >= 0.6 is 0 Å². The number of likely N-dealkylation sites (tertiary alicyclic amines) is 1. The fourth-order valence-electron chi connectivity index (χ4n) is 7.09. The smallest absolute Gasteiger partial charge is 0.315 e. The molecule has 0 bridgehead atoms. The van der Waals surface area contributed by atoms with Crippen LogP contribution in [0.3, 0.4) is 0 Å². The number of rotatable bonds is 12. The highest BCUT2D eigenvalue weighted by molar-refractivity contribution is 7.90. The molecule has 51 heavy (non-hydrogen) atoms. The maximum absolute atomic E-state index is 14.4. The van der Waals surface area contributed by atoms with Crippen LogP contribution in [-0.2, 0) is 34.4 Å². The fraction of sp³-hybridized carbons (Fsp3) is 0.657. The van der Waals surface area contributed by atoms with E-state index >= 15 is 0 Å². The normalized spacial score (nSPS) is 26.7. The first-order valence-electron chi connectivity index (χ1n) is 17.0. The highest BCUT2D eigenvalue weighted by atomic mass is 32.2. The van der Waals surface area contributed by atoms with Crippen molar-refractivity contribution >= 4 is 43.8 Å². The van der Waals surface area contributed by atoms with Crippen molar-refractivity contribution in [2.45, 2.75) is 90.4 Å². The molecule has 2 aliphatic carbocycles. The van der Waals surface area contributed by atoms with Crippen LogP contribution in [0.2, 0.25) is 0 Å². The molecule has 1 aromatic carbocycles. The number of fused-ring (bicyclic) bond motifs is 1. The number of carbonyl (C=O) groups is 4. The lowest BCUT2D eigenvalue weighted by Crippen LogP contribution is -2.63. The lowest BCUT2D eigenvalue weighted by molar-refractivity contribution is -0.144. The van der Waals surface area contributed by atoms with E-state index in [1.165, 1.54) is 42.3 Å². The van der Waals surface area contributed by atoms with Crippen LogP contribution in [0.1, 0.15) is 61.8 Å². The minimum absolute atomic E-state index is 0.00434. The number of benzene rings is 1. The number of hydrogen-bond donors (Lipinski definition) is 4. The maximum Gasteiger partial charge on any atom is 0.315 e. The van der Waals surface area contributed by atoms with Gasteiger partial charge in [0.2, 0.25) is 21.8 Å². The van der Waals surface area contributed by atoms with Crippen molar-refractivity contribution in [2.24, 2.45) is 34.0 Å². The lowest BCUT2D eigenvalue weighted by atomic mass is 9.85. The summed E-state index contributed by atoms with van der Waals surface area (Å²) in [6, 6.07) is 4.06. The Morgan fingerprint density at radius 3 is 2.08 bits per heavy atom. The van der Waals surface area contributed by atoms with Gasteiger partial charge in [-0.25, -0.2) is 30.7 Å². The molecule has 16 heteroatoms. The fourth-order valence-corrected chi connectivity index (χ4v) is 8.57. The van der Waals surface area contributed by atoms with Gasteiger partial charge in [0.25, 0.3) is 15.9 Å². The van der Waals surface area contributed by atoms with Crippen LogP contribution in [0, 0.1) is 34.0 Å². The van der Waals surface area contributed by atoms with E-state index in [-0.39, 0.29) is 41.7 Å². The molecular formula is C35H54N6O8S2. The number of nitrogens with one attached hydrogen (secondary N) is 4. The molecule has 4 N–H and O–H groups in total. The molecule has 284 valence electrons. The second kappa shape index (κ2) is 13.5. The molecule has 3 fully saturated rings. The van der Waals surface area contributed by atoms with E-state index < -0.39 is 84.2 Å². The summed E-state index contributed by atoms with van der Waals surface area (Å²) in [5, 5.41) is 8.49. The Balaban J connectivity index is 1.57. The summed E-state index contributed by atoms with van der Waals surface area (Å²) in [7, 11) is -6.34. The molecule has 2 unspecified atom stereocenters. The third kappa shape index (κ3) is 8.27. The van der Waals surface area contributed by atoms with Gasteiger partial charge in [-0.3, -0.25) is 14.4 Å². The number of sulfonamides is 2. The van der Waals surface area contributed by atoms with Gasteiger partial charge in [-0.15, -0.1) is 6.58 Å². The first-order valence-corrected chi connectivity index (χ1v) is 20.4. The Morgan fingerprint density at radius 1 is 1.00 bits per heavy atom.